The molecule has 0 spiro atoms. The average molecular weight is 264 g/mol. The Kier molecular flexibility index (Phi) is 4.11. The van der Waals surface area contributed by atoms with Gasteiger partial charge in [0.25, 0.3) is 0 Å². The molecule has 0 unspecified atom stereocenters. The van der Waals surface area contributed by atoms with Crippen molar-refractivity contribution in [3.05, 3.63) is 53.5 Å². The summed E-state index contributed by atoms with van der Waals surface area (Å²) in [6.45, 7) is 13.0. The first kappa shape index (κ1) is 13.8. The number of aryl methyl sites for hydroxylation is 1. The van der Waals surface area contributed by atoms with Gasteiger partial charge in [-0.05, 0) is 30.7 Å². The molecule has 20 heavy (non-hydrogen) atoms. The summed E-state index contributed by atoms with van der Waals surface area (Å²) < 4.78 is 0. The Balaban J connectivity index is 0.000000704. The highest BCUT2D eigenvalue weighted by atomic mass is 15.1. The van der Waals surface area contributed by atoms with Crippen molar-refractivity contribution < 1.29 is 0 Å². The molecule has 0 fully saturated rings. The van der Waals surface area contributed by atoms with Crippen LogP contribution in [-0.4, -0.2) is 15.2 Å². The Labute approximate surface area is 118 Å². The lowest BCUT2D eigenvalue weighted by Crippen LogP contribution is -1.82. The molecular weight excluding hydrogens is 248 g/mol. The minimum Gasteiger partial charge on any atom is -0.278 e. The predicted molar refractivity (Wildman–Crippen MR) is 81.7 cm³/mol. The number of rotatable bonds is 1. The molecule has 0 aliphatic carbocycles. The molecule has 0 aliphatic heterocycles. The van der Waals surface area contributed by atoms with Crippen LogP contribution in [0.5, 0.6) is 0 Å². The standard InChI is InChI=1S/C14H10N4.C2H6/c1-9-7-10-13(8-12(9)15-2)17-18-14(10)11-5-3-4-6-16-11;1-2/h3-8H,1H3,(H,17,18);1-2H3. The fourth-order valence-corrected chi connectivity index (χ4v) is 1.98. The third kappa shape index (κ3) is 2.39. The topological polar surface area (TPSA) is 45.9 Å². The van der Waals surface area contributed by atoms with Gasteiger partial charge in [0.05, 0.1) is 17.8 Å². The molecule has 0 radical (unpaired) electrons. The molecule has 0 atom stereocenters. The molecule has 0 saturated carbocycles. The normalized spacial score (nSPS) is 9.70. The summed E-state index contributed by atoms with van der Waals surface area (Å²) in [4.78, 5) is 7.79. The van der Waals surface area contributed by atoms with E-state index < -0.39 is 0 Å². The van der Waals surface area contributed by atoms with E-state index in [2.05, 4.69) is 20.0 Å². The van der Waals surface area contributed by atoms with E-state index in [-0.39, 0.29) is 0 Å². The van der Waals surface area contributed by atoms with Gasteiger partial charge in [-0.3, -0.25) is 10.1 Å². The van der Waals surface area contributed by atoms with Crippen molar-refractivity contribution in [1.29, 1.82) is 0 Å². The average Bonchev–Trinajstić information content (AvgIpc) is 2.92. The molecular formula is C16H16N4. The van der Waals surface area contributed by atoms with Gasteiger partial charge in [-0.1, -0.05) is 26.0 Å². The molecule has 1 N–H and O–H groups in total. The van der Waals surface area contributed by atoms with Crippen molar-refractivity contribution in [2.45, 2.75) is 20.8 Å². The highest BCUT2D eigenvalue weighted by Gasteiger charge is 2.10. The van der Waals surface area contributed by atoms with Crippen LogP contribution < -0.4 is 0 Å². The lowest BCUT2D eigenvalue weighted by molar-refractivity contribution is 1.11. The van der Waals surface area contributed by atoms with E-state index in [1.54, 1.807) is 6.20 Å². The van der Waals surface area contributed by atoms with Crippen molar-refractivity contribution >= 4 is 16.6 Å². The third-order valence-electron chi connectivity index (χ3n) is 2.91. The third-order valence-corrected chi connectivity index (χ3v) is 2.91. The summed E-state index contributed by atoms with van der Waals surface area (Å²) in [5, 5.41) is 8.25. The number of benzene rings is 1. The van der Waals surface area contributed by atoms with Gasteiger partial charge >= 0.3 is 0 Å². The number of nitrogens with zero attached hydrogens (tertiary/aromatic N) is 3. The summed E-state index contributed by atoms with van der Waals surface area (Å²) in [5.74, 6) is 0. The smallest absolute Gasteiger partial charge is 0.192 e. The number of nitrogens with one attached hydrogen (secondary N) is 1. The van der Waals surface area contributed by atoms with Gasteiger partial charge in [0.2, 0.25) is 0 Å². The molecule has 0 bridgehead atoms. The number of hydrogen-bond donors (Lipinski definition) is 1. The van der Waals surface area contributed by atoms with E-state index in [0.29, 0.717) is 5.69 Å². The fourth-order valence-electron chi connectivity index (χ4n) is 1.98. The second-order valence-corrected chi connectivity index (χ2v) is 4.08. The fraction of sp³-hybridized carbons (Fsp3) is 0.188. The van der Waals surface area contributed by atoms with E-state index >= 15 is 0 Å². The maximum absolute atomic E-state index is 7.11. The summed E-state index contributed by atoms with van der Waals surface area (Å²) in [6.07, 6.45) is 1.75. The molecule has 0 amide bonds. The van der Waals surface area contributed by atoms with Gasteiger partial charge in [0, 0.05) is 11.6 Å². The van der Waals surface area contributed by atoms with Crippen molar-refractivity contribution in [2.24, 2.45) is 0 Å². The van der Waals surface area contributed by atoms with Crippen LogP contribution in [0.25, 0.3) is 27.1 Å². The molecule has 4 heteroatoms. The lowest BCUT2D eigenvalue weighted by Gasteiger charge is -1.99. The van der Waals surface area contributed by atoms with E-state index in [0.717, 1.165) is 27.9 Å². The number of fused-ring (bicyclic) bond motifs is 1. The van der Waals surface area contributed by atoms with E-state index in [4.69, 9.17) is 6.57 Å². The molecule has 4 nitrogen and oxygen atoms in total. The highest BCUT2D eigenvalue weighted by Crippen LogP contribution is 2.30. The highest BCUT2D eigenvalue weighted by molar-refractivity contribution is 5.94. The van der Waals surface area contributed by atoms with Crippen LogP contribution >= 0.6 is 0 Å². The predicted octanol–water partition coefficient (Wildman–Crippen LogP) is 4.51. The van der Waals surface area contributed by atoms with Crippen LogP contribution in [-0.2, 0) is 0 Å². The van der Waals surface area contributed by atoms with Crippen molar-refractivity contribution in [2.75, 3.05) is 0 Å². The summed E-state index contributed by atoms with van der Waals surface area (Å²) in [5.41, 5.74) is 4.13. The van der Waals surface area contributed by atoms with Crippen molar-refractivity contribution in [3.63, 3.8) is 0 Å². The zero-order valence-electron chi connectivity index (χ0n) is 11.8. The van der Waals surface area contributed by atoms with Gasteiger partial charge in [0.15, 0.2) is 5.69 Å². The van der Waals surface area contributed by atoms with E-state index in [1.165, 1.54) is 0 Å². The first-order valence-electron chi connectivity index (χ1n) is 6.57. The minimum atomic E-state index is 0.652. The molecule has 0 saturated heterocycles. The largest absolute Gasteiger partial charge is 0.278 e. The van der Waals surface area contributed by atoms with Crippen molar-refractivity contribution in [1.82, 2.24) is 15.2 Å². The summed E-state index contributed by atoms with van der Waals surface area (Å²) in [7, 11) is 0. The first-order valence-corrected chi connectivity index (χ1v) is 6.57. The Morgan fingerprint density at radius 3 is 2.65 bits per heavy atom. The van der Waals surface area contributed by atoms with Gasteiger partial charge in [0.1, 0.15) is 5.69 Å². The van der Waals surface area contributed by atoms with Crippen LogP contribution in [0.4, 0.5) is 5.69 Å². The quantitative estimate of drug-likeness (QED) is 0.657. The van der Waals surface area contributed by atoms with Crippen molar-refractivity contribution in [3.8, 4) is 11.4 Å². The second-order valence-electron chi connectivity index (χ2n) is 4.08. The molecule has 1 aromatic carbocycles. The molecule has 100 valence electrons. The SMILES string of the molecule is CC.[C-]#[N+]c1cc2[nH]nc(-c3ccccn3)c2cc1C. The van der Waals surface area contributed by atoms with Gasteiger partial charge in [-0.25, -0.2) is 4.85 Å². The summed E-state index contributed by atoms with van der Waals surface area (Å²) in [6, 6.07) is 9.55. The maximum Gasteiger partial charge on any atom is 0.192 e. The Morgan fingerprint density at radius 2 is 2.00 bits per heavy atom. The molecule has 2 heterocycles. The zero-order valence-corrected chi connectivity index (χ0v) is 11.8. The Morgan fingerprint density at radius 1 is 1.20 bits per heavy atom. The number of hydrogen-bond acceptors (Lipinski definition) is 2. The lowest BCUT2D eigenvalue weighted by atomic mass is 10.1. The van der Waals surface area contributed by atoms with Crippen LogP contribution in [0.15, 0.2) is 36.5 Å². The number of H-pyrrole nitrogens is 1. The summed E-state index contributed by atoms with van der Waals surface area (Å²) >= 11 is 0. The minimum absolute atomic E-state index is 0.652. The monoisotopic (exact) mass is 264 g/mol. The first-order chi connectivity index (χ1) is 9.79. The molecule has 3 rings (SSSR count). The van der Waals surface area contributed by atoms with Crippen LogP contribution in [0.2, 0.25) is 0 Å². The number of aromatic nitrogens is 3. The second kappa shape index (κ2) is 5.98. The van der Waals surface area contributed by atoms with Crippen LogP contribution in [0, 0.1) is 13.5 Å². The zero-order chi connectivity index (χ0) is 14.5. The van der Waals surface area contributed by atoms with Crippen LogP contribution in [0.1, 0.15) is 19.4 Å². The van der Waals surface area contributed by atoms with Gasteiger partial charge in [-0.15, -0.1) is 0 Å². The van der Waals surface area contributed by atoms with Crippen LogP contribution in [0.3, 0.4) is 0 Å². The number of aromatic amines is 1. The maximum atomic E-state index is 7.11. The Hall–Kier alpha value is -2.67. The molecule has 3 aromatic rings. The van der Waals surface area contributed by atoms with E-state index in [9.17, 15) is 0 Å². The molecule has 0 aliphatic rings. The van der Waals surface area contributed by atoms with Gasteiger partial charge in [-0.2, -0.15) is 5.10 Å². The van der Waals surface area contributed by atoms with Gasteiger partial charge < -0.3 is 0 Å². The number of pyridine rings is 1. The molecule has 2 aromatic heterocycles. The Bertz CT molecular complexity index is 751. The van der Waals surface area contributed by atoms with E-state index in [1.807, 2.05) is 51.1 Å².